The van der Waals surface area contributed by atoms with Crippen molar-refractivity contribution >= 4 is 22.7 Å². The fourth-order valence-corrected chi connectivity index (χ4v) is 2.71. The van der Waals surface area contributed by atoms with Gasteiger partial charge in [-0.3, -0.25) is 10.1 Å². The molecule has 0 unspecified atom stereocenters. The van der Waals surface area contributed by atoms with Crippen molar-refractivity contribution in [1.82, 2.24) is 10.2 Å². The third kappa shape index (κ3) is 4.32. The Morgan fingerprint density at radius 2 is 1.79 bits per heavy atom. The second-order valence-electron chi connectivity index (χ2n) is 6.15. The number of hydrogen-bond donors (Lipinski definition) is 1. The molecule has 7 heteroatoms. The van der Waals surface area contributed by atoms with Gasteiger partial charge >= 0.3 is 6.01 Å². The topological polar surface area (TPSA) is 77.2 Å². The van der Waals surface area contributed by atoms with Crippen LogP contribution in [0.4, 0.5) is 10.4 Å². The predicted octanol–water partition coefficient (Wildman–Crippen LogP) is 3.97. The predicted molar refractivity (Wildman–Crippen MR) is 102 cm³/mol. The minimum absolute atomic E-state index is 0.00998. The van der Waals surface area contributed by atoms with Gasteiger partial charge in [-0.05, 0) is 40.6 Å². The average molecular weight is 377 g/mol. The van der Waals surface area contributed by atoms with Crippen molar-refractivity contribution in [2.24, 2.45) is 0 Å². The Labute approximate surface area is 160 Å². The zero-order valence-electron chi connectivity index (χ0n) is 14.8. The quantitative estimate of drug-likeness (QED) is 0.550. The van der Waals surface area contributed by atoms with Gasteiger partial charge in [0.05, 0.1) is 6.42 Å². The highest BCUT2D eigenvalue weighted by atomic mass is 19.1. The molecular formula is C21H16FN3O3. The van der Waals surface area contributed by atoms with Crippen LogP contribution in [0.1, 0.15) is 11.5 Å². The molecular weight excluding hydrogens is 361 g/mol. The largest absolute Gasteiger partial charge is 0.484 e. The van der Waals surface area contributed by atoms with Crippen LogP contribution < -0.4 is 10.1 Å². The lowest BCUT2D eigenvalue weighted by Gasteiger charge is -2.06. The fraction of sp³-hybridized carbons (Fsp3) is 0.0952. The van der Waals surface area contributed by atoms with E-state index in [1.54, 1.807) is 12.1 Å². The molecule has 0 radical (unpaired) electrons. The normalized spacial score (nSPS) is 10.8. The number of halogens is 1. The van der Waals surface area contributed by atoms with Gasteiger partial charge in [-0.2, -0.15) is 0 Å². The zero-order valence-corrected chi connectivity index (χ0v) is 14.8. The van der Waals surface area contributed by atoms with E-state index < -0.39 is 5.91 Å². The molecule has 0 aliphatic carbocycles. The molecule has 140 valence electrons. The molecule has 4 rings (SSSR count). The number of nitrogens with one attached hydrogen (secondary N) is 1. The molecule has 0 saturated heterocycles. The molecule has 0 saturated carbocycles. The summed E-state index contributed by atoms with van der Waals surface area (Å²) >= 11 is 0. The molecule has 28 heavy (non-hydrogen) atoms. The zero-order chi connectivity index (χ0) is 19.3. The summed E-state index contributed by atoms with van der Waals surface area (Å²) in [5.41, 5.74) is 0.822. The van der Waals surface area contributed by atoms with Crippen LogP contribution >= 0.6 is 0 Å². The molecule has 0 aliphatic rings. The molecule has 0 atom stereocenters. The fourth-order valence-electron chi connectivity index (χ4n) is 2.71. The molecule has 0 aliphatic heterocycles. The van der Waals surface area contributed by atoms with Crippen molar-refractivity contribution < 1.29 is 18.3 Å². The SMILES string of the molecule is O=C(COc1ccc2ccccc2c1)Nc1nnc(Cc2ccc(F)cc2)o1. The van der Waals surface area contributed by atoms with E-state index in [2.05, 4.69) is 15.5 Å². The summed E-state index contributed by atoms with van der Waals surface area (Å²) < 4.78 is 23.9. The summed E-state index contributed by atoms with van der Waals surface area (Å²) in [7, 11) is 0. The number of aromatic nitrogens is 2. The van der Waals surface area contributed by atoms with Crippen molar-refractivity contribution in [2.45, 2.75) is 6.42 Å². The molecule has 4 aromatic rings. The Morgan fingerprint density at radius 1 is 1.00 bits per heavy atom. The van der Waals surface area contributed by atoms with E-state index in [1.807, 2.05) is 42.5 Å². The summed E-state index contributed by atoms with van der Waals surface area (Å²) in [4.78, 5) is 12.0. The van der Waals surface area contributed by atoms with Crippen molar-refractivity contribution in [3.8, 4) is 5.75 Å². The minimum Gasteiger partial charge on any atom is -0.484 e. The van der Waals surface area contributed by atoms with Gasteiger partial charge in [0.15, 0.2) is 6.61 Å². The highest BCUT2D eigenvalue weighted by Crippen LogP contribution is 2.20. The second kappa shape index (κ2) is 7.87. The number of hydrogen-bond acceptors (Lipinski definition) is 5. The van der Waals surface area contributed by atoms with Crippen molar-refractivity contribution in [1.29, 1.82) is 0 Å². The molecule has 0 bridgehead atoms. The van der Waals surface area contributed by atoms with Gasteiger partial charge in [0.2, 0.25) is 5.89 Å². The van der Waals surface area contributed by atoms with Crippen molar-refractivity contribution in [3.63, 3.8) is 0 Å². The molecule has 3 aromatic carbocycles. The maximum absolute atomic E-state index is 12.9. The lowest BCUT2D eigenvalue weighted by molar-refractivity contribution is -0.118. The van der Waals surface area contributed by atoms with E-state index in [0.29, 0.717) is 18.1 Å². The van der Waals surface area contributed by atoms with Gasteiger partial charge in [-0.25, -0.2) is 4.39 Å². The van der Waals surface area contributed by atoms with Crippen molar-refractivity contribution in [3.05, 3.63) is 84.0 Å². The van der Waals surface area contributed by atoms with Crippen LogP contribution in [-0.2, 0) is 11.2 Å². The Morgan fingerprint density at radius 3 is 2.61 bits per heavy atom. The Kier molecular flexibility index (Phi) is 4.97. The lowest BCUT2D eigenvalue weighted by atomic mass is 10.1. The number of fused-ring (bicyclic) bond motifs is 1. The summed E-state index contributed by atoms with van der Waals surface area (Å²) in [5, 5.41) is 12.3. The summed E-state index contributed by atoms with van der Waals surface area (Å²) in [6, 6.07) is 19.5. The molecule has 1 heterocycles. The van der Waals surface area contributed by atoms with Crippen LogP contribution in [0.5, 0.6) is 5.75 Å². The molecule has 1 amide bonds. The van der Waals surface area contributed by atoms with Crippen LogP contribution in [-0.4, -0.2) is 22.7 Å². The van der Waals surface area contributed by atoms with Crippen LogP contribution in [0.3, 0.4) is 0 Å². The van der Waals surface area contributed by atoms with Gasteiger partial charge in [-0.15, -0.1) is 5.10 Å². The molecule has 0 fully saturated rings. The summed E-state index contributed by atoms with van der Waals surface area (Å²) in [5.74, 6) is 0.188. The smallest absolute Gasteiger partial charge is 0.322 e. The number of nitrogens with zero attached hydrogens (tertiary/aromatic N) is 2. The second-order valence-corrected chi connectivity index (χ2v) is 6.15. The average Bonchev–Trinajstić information content (AvgIpc) is 3.14. The van der Waals surface area contributed by atoms with Gasteiger partial charge in [0, 0.05) is 0 Å². The van der Waals surface area contributed by atoms with Gasteiger partial charge in [0.25, 0.3) is 5.91 Å². The highest BCUT2D eigenvalue weighted by molar-refractivity contribution is 5.90. The first-order valence-electron chi connectivity index (χ1n) is 8.64. The first-order chi connectivity index (χ1) is 13.7. The van der Waals surface area contributed by atoms with E-state index in [-0.39, 0.29) is 18.4 Å². The van der Waals surface area contributed by atoms with Gasteiger partial charge in [-0.1, -0.05) is 47.6 Å². The number of benzene rings is 3. The Hall–Kier alpha value is -3.74. The van der Waals surface area contributed by atoms with E-state index in [1.165, 1.54) is 12.1 Å². The van der Waals surface area contributed by atoms with E-state index in [0.717, 1.165) is 16.3 Å². The number of carbonyl (C=O) groups is 1. The van der Waals surface area contributed by atoms with Gasteiger partial charge < -0.3 is 9.15 Å². The minimum atomic E-state index is -0.412. The first-order valence-corrected chi connectivity index (χ1v) is 8.64. The van der Waals surface area contributed by atoms with E-state index in [9.17, 15) is 9.18 Å². The highest BCUT2D eigenvalue weighted by Gasteiger charge is 2.11. The third-order valence-corrected chi connectivity index (χ3v) is 4.07. The van der Waals surface area contributed by atoms with Crippen LogP contribution in [0, 0.1) is 5.82 Å². The van der Waals surface area contributed by atoms with Gasteiger partial charge in [0.1, 0.15) is 11.6 Å². The standard InChI is InChI=1S/C21H16FN3O3/c22-17-8-5-14(6-9-17)11-20-24-25-21(28-20)23-19(26)13-27-18-10-7-15-3-1-2-4-16(15)12-18/h1-10,12H,11,13H2,(H,23,25,26). The van der Waals surface area contributed by atoms with Crippen molar-refractivity contribution in [2.75, 3.05) is 11.9 Å². The number of amides is 1. The molecule has 6 nitrogen and oxygen atoms in total. The summed E-state index contributed by atoms with van der Waals surface area (Å²) in [6.45, 7) is -0.186. The van der Waals surface area contributed by atoms with E-state index in [4.69, 9.17) is 9.15 Å². The Balaban J connectivity index is 1.32. The van der Waals surface area contributed by atoms with Crippen LogP contribution in [0.2, 0.25) is 0 Å². The molecule has 1 aromatic heterocycles. The van der Waals surface area contributed by atoms with E-state index >= 15 is 0 Å². The molecule has 1 N–H and O–H groups in total. The first kappa shape index (κ1) is 17.7. The summed E-state index contributed by atoms with van der Waals surface area (Å²) in [6.07, 6.45) is 0.344. The van der Waals surface area contributed by atoms with Crippen LogP contribution in [0.25, 0.3) is 10.8 Å². The number of carbonyl (C=O) groups excluding carboxylic acids is 1. The third-order valence-electron chi connectivity index (χ3n) is 4.07. The maximum atomic E-state index is 12.9. The monoisotopic (exact) mass is 377 g/mol. The lowest BCUT2D eigenvalue weighted by Crippen LogP contribution is -2.20. The maximum Gasteiger partial charge on any atom is 0.322 e. The Bertz CT molecular complexity index is 1110. The number of anilines is 1. The number of ether oxygens (including phenoxy) is 1. The molecule has 0 spiro atoms. The number of rotatable bonds is 6. The van der Waals surface area contributed by atoms with Crippen LogP contribution in [0.15, 0.2) is 71.1 Å².